The molecule has 0 saturated heterocycles. The third-order valence-corrected chi connectivity index (χ3v) is 2.10. The zero-order chi connectivity index (χ0) is 8.72. The Balaban J connectivity index is 2.54. The van der Waals surface area contributed by atoms with E-state index in [1.807, 2.05) is 18.9 Å². The van der Waals surface area contributed by atoms with Crippen LogP contribution in [0.15, 0.2) is 11.3 Å². The normalized spacial score (nSPS) is 22.0. The second-order valence-electron chi connectivity index (χ2n) is 2.86. The summed E-state index contributed by atoms with van der Waals surface area (Å²) >= 11 is 0. The summed E-state index contributed by atoms with van der Waals surface area (Å²) < 4.78 is 0. The Morgan fingerprint density at radius 1 is 1.67 bits per heavy atom. The van der Waals surface area contributed by atoms with Crippen LogP contribution in [0.1, 0.15) is 12.6 Å². The number of rotatable bonds is 0. The number of nitrogens with one attached hydrogen (secondary N) is 1. The van der Waals surface area contributed by atoms with E-state index in [4.69, 9.17) is 5.73 Å². The topological polar surface area (TPSA) is 70.3 Å². The van der Waals surface area contributed by atoms with Crippen LogP contribution in [0.25, 0.3) is 0 Å². The van der Waals surface area contributed by atoms with Crippen molar-refractivity contribution in [2.75, 3.05) is 11.9 Å². The van der Waals surface area contributed by atoms with E-state index in [2.05, 4.69) is 15.0 Å². The molecular formula is C7H11N5. The van der Waals surface area contributed by atoms with Crippen LogP contribution in [0.5, 0.6) is 0 Å². The molecule has 1 aliphatic rings. The van der Waals surface area contributed by atoms with Crippen molar-refractivity contribution in [3.63, 3.8) is 0 Å². The molecule has 2 rings (SSSR count). The summed E-state index contributed by atoms with van der Waals surface area (Å²) in [4.78, 5) is 13.3. The van der Waals surface area contributed by atoms with Gasteiger partial charge in [-0.3, -0.25) is 0 Å². The Morgan fingerprint density at radius 3 is 3.17 bits per heavy atom. The van der Waals surface area contributed by atoms with Gasteiger partial charge in [0.05, 0.1) is 6.33 Å². The van der Waals surface area contributed by atoms with Gasteiger partial charge in [0.2, 0.25) is 0 Å². The van der Waals surface area contributed by atoms with Crippen LogP contribution < -0.4 is 10.6 Å². The second kappa shape index (κ2) is 2.23. The van der Waals surface area contributed by atoms with E-state index in [-0.39, 0.29) is 6.17 Å². The fraction of sp³-hybridized carbons (Fsp3) is 0.429. The van der Waals surface area contributed by atoms with Crippen molar-refractivity contribution in [3.8, 4) is 0 Å². The SMILES string of the molecule is CC1N=C(N)c2nc[nH]c2N1C. The third-order valence-electron chi connectivity index (χ3n) is 2.10. The first-order chi connectivity index (χ1) is 5.70. The summed E-state index contributed by atoms with van der Waals surface area (Å²) in [6.45, 7) is 1.98. The number of anilines is 1. The maximum Gasteiger partial charge on any atom is 0.150 e. The number of amidine groups is 1. The van der Waals surface area contributed by atoms with Crippen LogP contribution in [0, 0.1) is 0 Å². The minimum Gasteiger partial charge on any atom is -0.382 e. The second-order valence-corrected chi connectivity index (χ2v) is 2.86. The van der Waals surface area contributed by atoms with Gasteiger partial charge in [-0.25, -0.2) is 9.98 Å². The zero-order valence-electron chi connectivity index (χ0n) is 7.07. The molecule has 0 aromatic carbocycles. The highest BCUT2D eigenvalue weighted by molar-refractivity contribution is 6.01. The van der Waals surface area contributed by atoms with Crippen molar-refractivity contribution in [2.45, 2.75) is 13.1 Å². The Labute approximate surface area is 70.3 Å². The number of fused-ring (bicyclic) bond motifs is 1. The predicted octanol–water partition coefficient (Wildman–Crippen LogP) is -0.0892. The molecule has 1 atom stereocenters. The monoisotopic (exact) mass is 165 g/mol. The summed E-state index contributed by atoms with van der Waals surface area (Å²) in [7, 11) is 1.96. The van der Waals surface area contributed by atoms with E-state index < -0.39 is 0 Å². The molecule has 0 fully saturated rings. The minimum atomic E-state index is 0.0814. The van der Waals surface area contributed by atoms with E-state index >= 15 is 0 Å². The molecule has 0 bridgehead atoms. The lowest BCUT2D eigenvalue weighted by Crippen LogP contribution is -2.36. The number of aromatic amines is 1. The highest BCUT2D eigenvalue weighted by Crippen LogP contribution is 2.21. The van der Waals surface area contributed by atoms with Crippen molar-refractivity contribution in [3.05, 3.63) is 12.0 Å². The molecule has 0 saturated carbocycles. The summed E-state index contributed by atoms with van der Waals surface area (Å²) in [5.74, 6) is 1.45. The van der Waals surface area contributed by atoms with Gasteiger partial charge in [-0.1, -0.05) is 0 Å². The molecule has 0 radical (unpaired) electrons. The molecule has 5 nitrogen and oxygen atoms in total. The summed E-state index contributed by atoms with van der Waals surface area (Å²) in [5.41, 5.74) is 6.43. The lowest BCUT2D eigenvalue weighted by Gasteiger charge is -2.26. The maximum atomic E-state index is 5.68. The Hall–Kier alpha value is -1.52. The maximum absolute atomic E-state index is 5.68. The minimum absolute atomic E-state index is 0.0814. The first-order valence-electron chi connectivity index (χ1n) is 3.80. The van der Waals surface area contributed by atoms with Crippen LogP contribution in [0.4, 0.5) is 5.82 Å². The average molecular weight is 165 g/mol. The standard InChI is InChI=1S/C7H11N5/c1-4-11-6(8)5-7(12(4)2)10-3-9-5/h3-4H,1-2H3,(H2,8,11)(H,9,10). The Kier molecular flexibility index (Phi) is 1.33. The fourth-order valence-corrected chi connectivity index (χ4v) is 1.28. The zero-order valence-corrected chi connectivity index (χ0v) is 7.07. The summed E-state index contributed by atoms with van der Waals surface area (Å²) in [6, 6.07) is 0. The molecule has 0 amide bonds. The molecule has 0 spiro atoms. The summed E-state index contributed by atoms with van der Waals surface area (Å²) in [5, 5.41) is 0. The highest BCUT2D eigenvalue weighted by atomic mass is 15.3. The van der Waals surface area contributed by atoms with Crippen LogP contribution in [-0.2, 0) is 0 Å². The van der Waals surface area contributed by atoms with Crippen molar-refractivity contribution in [1.82, 2.24) is 9.97 Å². The van der Waals surface area contributed by atoms with Crippen molar-refractivity contribution >= 4 is 11.7 Å². The summed E-state index contributed by atoms with van der Waals surface area (Å²) in [6.07, 6.45) is 1.71. The number of nitrogens with zero attached hydrogens (tertiary/aromatic N) is 3. The molecule has 12 heavy (non-hydrogen) atoms. The van der Waals surface area contributed by atoms with Crippen LogP contribution in [0.3, 0.4) is 0 Å². The molecule has 0 aliphatic carbocycles. The van der Waals surface area contributed by atoms with Gasteiger partial charge in [0, 0.05) is 7.05 Å². The van der Waals surface area contributed by atoms with Crippen molar-refractivity contribution < 1.29 is 0 Å². The van der Waals surface area contributed by atoms with Gasteiger partial charge < -0.3 is 15.6 Å². The van der Waals surface area contributed by atoms with Crippen molar-refractivity contribution in [2.24, 2.45) is 10.7 Å². The van der Waals surface area contributed by atoms with Crippen molar-refractivity contribution in [1.29, 1.82) is 0 Å². The molecule has 2 heterocycles. The number of imidazole rings is 1. The predicted molar refractivity (Wildman–Crippen MR) is 47.2 cm³/mol. The number of hydrogen-bond donors (Lipinski definition) is 2. The van der Waals surface area contributed by atoms with E-state index in [1.54, 1.807) is 6.33 Å². The van der Waals surface area contributed by atoms with Gasteiger partial charge in [0.1, 0.15) is 17.7 Å². The number of hydrogen-bond acceptors (Lipinski definition) is 4. The fourth-order valence-electron chi connectivity index (χ4n) is 1.28. The van der Waals surface area contributed by atoms with Gasteiger partial charge in [0.25, 0.3) is 0 Å². The number of aliphatic imine (C=N–C) groups is 1. The molecule has 1 aliphatic heterocycles. The molecular weight excluding hydrogens is 154 g/mol. The van der Waals surface area contributed by atoms with E-state index in [0.29, 0.717) is 5.84 Å². The third kappa shape index (κ3) is 0.792. The number of aromatic nitrogens is 2. The quantitative estimate of drug-likeness (QED) is 0.564. The molecule has 1 unspecified atom stereocenters. The highest BCUT2D eigenvalue weighted by Gasteiger charge is 2.22. The van der Waals surface area contributed by atoms with Gasteiger partial charge in [-0.05, 0) is 6.92 Å². The number of H-pyrrole nitrogens is 1. The lowest BCUT2D eigenvalue weighted by atomic mass is 10.3. The van der Waals surface area contributed by atoms with Crippen LogP contribution in [-0.4, -0.2) is 29.0 Å². The lowest BCUT2D eigenvalue weighted by molar-refractivity contribution is 0.703. The first kappa shape index (κ1) is 7.15. The molecule has 1 aromatic heterocycles. The van der Waals surface area contributed by atoms with E-state index in [1.165, 1.54) is 0 Å². The van der Waals surface area contributed by atoms with Gasteiger partial charge in [-0.15, -0.1) is 0 Å². The average Bonchev–Trinajstić information content (AvgIpc) is 2.48. The molecule has 5 heteroatoms. The Morgan fingerprint density at radius 2 is 2.42 bits per heavy atom. The van der Waals surface area contributed by atoms with Gasteiger partial charge in [0.15, 0.2) is 5.84 Å². The van der Waals surface area contributed by atoms with Gasteiger partial charge >= 0.3 is 0 Å². The van der Waals surface area contributed by atoms with E-state index in [0.717, 1.165) is 11.5 Å². The first-order valence-corrected chi connectivity index (χ1v) is 3.80. The van der Waals surface area contributed by atoms with Crippen LogP contribution >= 0.6 is 0 Å². The molecule has 1 aromatic rings. The van der Waals surface area contributed by atoms with Crippen LogP contribution in [0.2, 0.25) is 0 Å². The smallest absolute Gasteiger partial charge is 0.150 e. The molecule has 3 N–H and O–H groups in total. The van der Waals surface area contributed by atoms with Gasteiger partial charge in [-0.2, -0.15) is 0 Å². The number of nitrogens with two attached hydrogens (primary N) is 1. The molecule has 64 valence electrons. The largest absolute Gasteiger partial charge is 0.382 e. The van der Waals surface area contributed by atoms with E-state index in [9.17, 15) is 0 Å². The Bertz CT molecular complexity index is 326.